The Balaban J connectivity index is 1.49. The Kier molecular flexibility index (Phi) is 5.15. The highest BCUT2D eigenvalue weighted by molar-refractivity contribution is 5.89. The Labute approximate surface area is 169 Å². The fourth-order valence-electron chi connectivity index (χ4n) is 4.99. The number of hydrogen-bond acceptors (Lipinski definition) is 3. The van der Waals surface area contributed by atoms with E-state index in [1.54, 1.807) is 23.7 Å². The van der Waals surface area contributed by atoms with Crippen molar-refractivity contribution < 1.29 is 19.1 Å². The first-order valence-corrected chi connectivity index (χ1v) is 10.3. The third-order valence-electron chi connectivity index (χ3n) is 6.64. The summed E-state index contributed by atoms with van der Waals surface area (Å²) in [6.45, 7) is 3.01. The molecule has 4 rings (SSSR count). The predicted octanol–water partition coefficient (Wildman–Crippen LogP) is 3.70. The number of hydrogen-bond donors (Lipinski definition) is 1. The third kappa shape index (κ3) is 3.43. The van der Waals surface area contributed by atoms with Gasteiger partial charge in [0.25, 0.3) is 0 Å². The molecule has 1 aliphatic carbocycles. The van der Waals surface area contributed by atoms with E-state index in [0.29, 0.717) is 18.8 Å². The molecule has 1 N–H and O–H groups in total. The van der Waals surface area contributed by atoms with Crippen molar-refractivity contribution in [3.8, 4) is 0 Å². The largest absolute Gasteiger partial charge is 0.478 e. The lowest BCUT2D eigenvalue weighted by molar-refractivity contribution is -0.138. The Morgan fingerprint density at radius 2 is 1.76 bits per heavy atom. The molecule has 1 aromatic carbocycles. The smallest absolute Gasteiger partial charge is 0.339 e. The van der Waals surface area contributed by atoms with Crippen LogP contribution in [0, 0.1) is 12.7 Å². The number of aromatic carboxylic acids is 1. The maximum absolute atomic E-state index is 13.5. The molecule has 2 aromatic rings. The van der Waals surface area contributed by atoms with E-state index < -0.39 is 11.4 Å². The van der Waals surface area contributed by atoms with Crippen LogP contribution in [0.2, 0.25) is 0 Å². The van der Waals surface area contributed by atoms with Crippen LogP contribution in [0.3, 0.4) is 0 Å². The van der Waals surface area contributed by atoms with Gasteiger partial charge in [-0.05, 0) is 50.3 Å². The van der Waals surface area contributed by atoms with Crippen LogP contribution >= 0.6 is 0 Å². The molecule has 1 amide bonds. The maximum Gasteiger partial charge on any atom is 0.339 e. The quantitative estimate of drug-likeness (QED) is 0.851. The lowest BCUT2D eigenvalue weighted by Gasteiger charge is -2.39. The number of rotatable bonds is 4. The highest BCUT2D eigenvalue weighted by atomic mass is 19.1. The van der Waals surface area contributed by atoms with Gasteiger partial charge in [0.15, 0.2) is 0 Å². The summed E-state index contributed by atoms with van der Waals surface area (Å²) in [6, 6.07) is 6.49. The first-order chi connectivity index (χ1) is 13.9. The normalized spacial score (nSPS) is 19.4. The molecule has 2 fully saturated rings. The molecule has 1 saturated heterocycles. The molecule has 0 atom stereocenters. The molecule has 0 radical (unpaired) electrons. The van der Waals surface area contributed by atoms with Crippen LogP contribution < -0.4 is 0 Å². The fraction of sp³-hybridized carbons (Fsp3) is 0.500. The molecular formula is C22H26FN3O3. The molecule has 29 heavy (non-hydrogen) atoms. The van der Waals surface area contributed by atoms with Crippen LogP contribution in [0.15, 0.2) is 30.5 Å². The molecule has 0 bridgehead atoms. The van der Waals surface area contributed by atoms with Gasteiger partial charge < -0.3 is 10.0 Å². The highest BCUT2D eigenvalue weighted by Gasteiger charge is 2.45. The van der Waals surface area contributed by atoms with Crippen molar-refractivity contribution in [1.29, 1.82) is 0 Å². The number of nitrogens with zero attached hydrogens (tertiary/aromatic N) is 3. The SMILES string of the molecule is Cc1c(C(=O)O)cnn1C1CCN(C(=O)C2(c3ccc(F)cc3)CCCC2)CC1. The lowest BCUT2D eigenvalue weighted by Crippen LogP contribution is -2.48. The summed E-state index contributed by atoms with van der Waals surface area (Å²) in [5.74, 6) is -1.11. The third-order valence-corrected chi connectivity index (χ3v) is 6.64. The second-order valence-corrected chi connectivity index (χ2v) is 8.21. The zero-order valence-corrected chi connectivity index (χ0v) is 16.6. The second-order valence-electron chi connectivity index (χ2n) is 8.21. The van der Waals surface area contributed by atoms with Crippen molar-refractivity contribution in [2.75, 3.05) is 13.1 Å². The Hall–Kier alpha value is -2.70. The Bertz CT molecular complexity index is 908. The molecule has 1 aromatic heterocycles. The summed E-state index contributed by atoms with van der Waals surface area (Å²) in [6.07, 6.45) is 6.50. The fourth-order valence-corrected chi connectivity index (χ4v) is 4.99. The number of aromatic nitrogens is 2. The van der Waals surface area contributed by atoms with Crippen LogP contribution in [0.25, 0.3) is 0 Å². The molecule has 6 nitrogen and oxygen atoms in total. The van der Waals surface area contributed by atoms with E-state index in [1.807, 2.05) is 4.90 Å². The van der Waals surface area contributed by atoms with Gasteiger partial charge in [-0.1, -0.05) is 25.0 Å². The molecule has 2 heterocycles. The van der Waals surface area contributed by atoms with E-state index in [1.165, 1.54) is 18.3 Å². The van der Waals surface area contributed by atoms with E-state index >= 15 is 0 Å². The van der Waals surface area contributed by atoms with Gasteiger partial charge in [0, 0.05) is 13.1 Å². The minimum absolute atomic E-state index is 0.0949. The average molecular weight is 399 g/mol. The standard InChI is InChI=1S/C22H26FN3O3/c1-15-19(20(27)28)14-24-26(15)18-8-12-25(13-9-18)21(29)22(10-2-3-11-22)16-4-6-17(23)7-5-16/h4-7,14,18H,2-3,8-13H2,1H3,(H,27,28). The van der Waals surface area contributed by atoms with Crippen molar-refractivity contribution in [3.05, 3.63) is 53.1 Å². The second kappa shape index (κ2) is 7.61. The van der Waals surface area contributed by atoms with Gasteiger partial charge in [-0.3, -0.25) is 9.48 Å². The number of carboxylic acids is 1. The van der Waals surface area contributed by atoms with Gasteiger partial charge in [-0.2, -0.15) is 5.10 Å². The minimum atomic E-state index is -0.969. The summed E-state index contributed by atoms with van der Waals surface area (Å²) >= 11 is 0. The van der Waals surface area contributed by atoms with Crippen LogP contribution in [0.5, 0.6) is 0 Å². The van der Waals surface area contributed by atoms with Gasteiger partial charge in [0.05, 0.1) is 23.3 Å². The molecule has 154 valence electrons. The lowest BCUT2D eigenvalue weighted by atomic mass is 9.77. The van der Waals surface area contributed by atoms with Crippen LogP contribution in [0.1, 0.15) is 66.2 Å². The number of piperidine rings is 1. The number of carboxylic acid groups (broad SMARTS) is 1. The summed E-state index contributed by atoms with van der Waals surface area (Å²) in [7, 11) is 0. The average Bonchev–Trinajstić information content (AvgIpc) is 3.36. The molecule has 1 aliphatic heterocycles. The van der Waals surface area contributed by atoms with Crippen molar-refractivity contribution >= 4 is 11.9 Å². The number of amides is 1. The monoisotopic (exact) mass is 399 g/mol. The molecule has 0 unspecified atom stereocenters. The predicted molar refractivity (Wildman–Crippen MR) is 105 cm³/mol. The summed E-state index contributed by atoms with van der Waals surface area (Å²) in [5, 5.41) is 13.5. The number of carbonyl (C=O) groups excluding carboxylic acids is 1. The Morgan fingerprint density at radius 3 is 2.31 bits per heavy atom. The number of carbonyl (C=O) groups is 2. The zero-order chi connectivity index (χ0) is 20.6. The van der Waals surface area contributed by atoms with Crippen LogP contribution in [0.4, 0.5) is 4.39 Å². The topological polar surface area (TPSA) is 75.4 Å². The summed E-state index contributed by atoms with van der Waals surface area (Å²) in [5.41, 5.74) is 1.25. The van der Waals surface area contributed by atoms with E-state index in [-0.39, 0.29) is 23.3 Å². The molecule has 1 saturated carbocycles. The van der Waals surface area contributed by atoms with E-state index in [4.69, 9.17) is 0 Å². The molecule has 0 spiro atoms. The maximum atomic E-state index is 13.5. The molecule has 2 aliphatic rings. The van der Waals surface area contributed by atoms with Crippen molar-refractivity contribution in [3.63, 3.8) is 0 Å². The minimum Gasteiger partial charge on any atom is -0.478 e. The molecule has 7 heteroatoms. The Morgan fingerprint density at radius 1 is 1.14 bits per heavy atom. The zero-order valence-electron chi connectivity index (χ0n) is 16.6. The van der Waals surface area contributed by atoms with E-state index in [9.17, 15) is 19.1 Å². The van der Waals surface area contributed by atoms with Gasteiger partial charge in [0.2, 0.25) is 5.91 Å². The van der Waals surface area contributed by atoms with Crippen molar-refractivity contribution in [2.45, 2.75) is 56.9 Å². The first-order valence-electron chi connectivity index (χ1n) is 10.3. The number of halogens is 1. The van der Waals surface area contributed by atoms with Crippen LogP contribution in [-0.4, -0.2) is 44.8 Å². The summed E-state index contributed by atoms with van der Waals surface area (Å²) < 4.78 is 15.2. The highest BCUT2D eigenvalue weighted by Crippen LogP contribution is 2.43. The van der Waals surface area contributed by atoms with Gasteiger partial charge in [-0.25, -0.2) is 9.18 Å². The van der Waals surface area contributed by atoms with Gasteiger partial charge in [0.1, 0.15) is 11.4 Å². The van der Waals surface area contributed by atoms with Crippen molar-refractivity contribution in [2.24, 2.45) is 0 Å². The van der Waals surface area contributed by atoms with Gasteiger partial charge >= 0.3 is 5.97 Å². The van der Waals surface area contributed by atoms with E-state index in [2.05, 4.69) is 5.10 Å². The molecular weight excluding hydrogens is 373 g/mol. The number of benzene rings is 1. The van der Waals surface area contributed by atoms with E-state index in [0.717, 1.165) is 44.1 Å². The van der Waals surface area contributed by atoms with Crippen LogP contribution in [-0.2, 0) is 10.2 Å². The first kappa shape index (κ1) is 19.6. The van der Waals surface area contributed by atoms with Crippen molar-refractivity contribution in [1.82, 2.24) is 14.7 Å². The summed E-state index contributed by atoms with van der Waals surface area (Å²) in [4.78, 5) is 26.7. The number of likely N-dealkylation sites (tertiary alicyclic amines) is 1. The van der Waals surface area contributed by atoms with Gasteiger partial charge in [-0.15, -0.1) is 0 Å².